The van der Waals surface area contributed by atoms with Gasteiger partial charge in [-0.05, 0) is 31.0 Å². The Morgan fingerprint density at radius 2 is 1.89 bits per heavy atom. The van der Waals surface area contributed by atoms with Crippen molar-refractivity contribution in [1.82, 2.24) is 4.98 Å². The van der Waals surface area contributed by atoms with E-state index in [1.807, 2.05) is 50.2 Å². The number of aryl methyl sites for hydroxylation is 2. The first-order valence-electron chi connectivity index (χ1n) is 6.27. The second-order valence-electron chi connectivity index (χ2n) is 4.62. The van der Waals surface area contributed by atoms with Crippen LogP contribution in [0.15, 0.2) is 47.6 Å². The molecule has 0 saturated carbocycles. The average molecular weight is 271 g/mol. The van der Waals surface area contributed by atoms with Crippen molar-refractivity contribution in [3.63, 3.8) is 0 Å². The lowest BCUT2D eigenvalue weighted by molar-refractivity contribution is -0.116. The molecule has 1 aromatic heterocycles. The summed E-state index contributed by atoms with van der Waals surface area (Å²) in [5, 5.41) is 0.944. The van der Waals surface area contributed by atoms with Gasteiger partial charge >= 0.3 is 0 Å². The maximum atomic E-state index is 11.9. The Kier molecular flexibility index (Phi) is 4.74. The normalized spacial score (nSPS) is 10.4. The second kappa shape index (κ2) is 6.53. The highest BCUT2D eigenvalue weighted by Crippen LogP contribution is 2.19. The van der Waals surface area contributed by atoms with E-state index in [0.717, 1.165) is 16.2 Å². The number of hydrogen-bond acceptors (Lipinski definition) is 3. The van der Waals surface area contributed by atoms with Gasteiger partial charge < -0.3 is 0 Å². The zero-order valence-electron chi connectivity index (χ0n) is 11.2. The quantitative estimate of drug-likeness (QED) is 0.778. The number of aromatic nitrogens is 1. The molecule has 1 heterocycles. The summed E-state index contributed by atoms with van der Waals surface area (Å²) in [6.07, 6.45) is 2.26. The van der Waals surface area contributed by atoms with E-state index in [4.69, 9.17) is 0 Å². The summed E-state index contributed by atoms with van der Waals surface area (Å²) in [6, 6.07) is 12.0. The fourth-order valence-electron chi connectivity index (χ4n) is 1.76. The summed E-state index contributed by atoms with van der Waals surface area (Å²) >= 11 is 1.52. The lowest BCUT2D eigenvalue weighted by Gasteiger charge is -2.04. The van der Waals surface area contributed by atoms with E-state index in [1.54, 1.807) is 6.20 Å². The highest BCUT2D eigenvalue weighted by Gasteiger charge is 2.07. The summed E-state index contributed by atoms with van der Waals surface area (Å²) in [5.41, 5.74) is 3.42. The average Bonchev–Trinajstić information content (AvgIpc) is 2.40. The number of benzene rings is 1. The van der Waals surface area contributed by atoms with Crippen LogP contribution in [0.4, 0.5) is 0 Å². The minimum absolute atomic E-state index is 0.235. The summed E-state index contributed by atoms with van der Waals surface area (Å²) in [5.74, 6) is 0.713. The van der Waals surface area contributed by atoms with E-state index in [2.05, 4.69) is 4.98 Å². The minimum Gasteiger partial charge on any atom is -0.298 e. The molecule has 0 spiro atoms. The van der Waals surface area contributed by atoms with Gasteiger partial charge in [-0.15, -0.1) is 0 Å². The number of carbonyl (C=O) groups excluding carboxylic acids is 1. The van der Waals surface area contributed by atoms with E-state index in [9.17, 15) is 4.79 Å². The van der Waals surface area contributed by atoms with Crippen LogP contribution in [-0.4, -0.2) is 16.5 Å². The fourth-order valence-corrected chi connectivity index (χ4v) is 2.59. The molecule has 0 N–H and O–H groups in total. The van der Waals surface area contributed by atoms with Crippen molar-refractivity contribution in [1.29, 1.82) is 0 Å². The van der Waals surface area contributed by atoms with Crippen LogP contribution in [0, 0.1) is 13.8 Å². The van der Waals surface area contributed by atoms with Gasteiger partial charge in [0.25, 0.3) is 0 Å². The molecule has 2 aromatic rings. The maximum absolute atomic E-state index is 11.9. The molecule has 0 aliphatic carbocycles. The molecule has 19 heavy (non-hydrogen) atoms. The van der Waals surface area contributed by atoms with Crippen molar-refractivity contribution in [3.8, 4) is 0 Å². The largest absolute Gasteiger partial charge is 0.298 e. The highest BCUT2D eigenvalue weighted by molar-refractivity contribution is 7.99. The van der Waals surface area contributed by atoms with Gasteiger partial charge in [0.15, 0.2) is 0 Å². The number of thioether (sulfide) groups is 1. The lowest BCUT2D eigenvalue weighted by Crippen LogP contribution is -2.06. The van der Waals surface area contributed by atoms with Crippen LogP contribution in [0.1, 0.15) is 16.7 Å². The van der Waals surface area contributed by atoms with Crippen LogP contribution in [0.25, 0.3) is 0 Å². The van der Waals surface area contributed by atoms with Gasteiger partial charge in [-0.2, -0.15) is 0 Å². The molecule has 0 aliphatic rings. The van der Waals surface area contributed by atoms with E-state index in [1.165, 1.54) is 17.3 Å². The third-order valence-electron chi connectivity index (χ3n) is 2.85. The third-order valence-corrected chi connectivity index (χ3v) is 4.02. The molecule has 0 amide bonds. The summed E-state index contributed by atoms with van der Waals surface area (Å²) in [7, 11) is 0. The van der Waals surface area contributed by atoms with Crippen LogP contribution in [0.5, 0.6) is 0 Å². The van der Waals surface area contributed by atoms with Gasteiger partial charge in [0.05, 0.1) is 10.8 Å². The second-order valence-corrected chi connectivity index (χ2v) is 5.58. The molecule has 98 valence electrons. The number of rotatable bonds is 5. The van der Waals surface area contributed by atoms with Gasteiger partial charge in [0.2, 0.25) is 0 Å². The van der Waals surface area contributed by atoms with Crippen LogP contribution in [0.3, 0.4) is 0 Å². The van der Waals surface area contributed by atoms with E-state index < -0.39 is 0 Å². The smallest absolute Gasteiger partial charge is 0.147 e. The Morgan fingerprint density at radius 3 is 2.58 bits per heavy atom. The predicted octanol–water partition coefficient (Wildman–Crippen LogP) is 3.60. The van der Waals surface area contributed by atoms with Gasteiger partial charge in [0.1, 0.15) is 5.78 Å². The minimum atomic E-state index is 0.235. The van der Waals surface area contributed by atoms with Crippen molar-refractivity contribution < 1.29 is 4.79 Å². The summed E-state index contributed by atoms with van der Waals surface area (Å²) < 4.78 is 0. The molecule has 0 unspecified atom stereocenters. The number of pyridine rings is 1. The topological polar surface area (TPSA) is 30.0 Å². The number of Topliss-reactive ketones (excluding diaryl/α,β-unsaturated/α-hetero) is 1. The van der Waals surface area contributed by atoms with Crippen molar-refractivity contribution in [2.24, 2.45) is 0 Å². The number of nitrogens with zero attached hydrogens (tertiary/aromatic N) is 1. The summed E-state index contributed by atoms with van der Waals surface area (Å²) in [4.78, 5) is 16.2. The highest BCUT2D eigenvalue weighted by atomic mass is 32.2. The summed E-state index contributed by atoms with van der Waals surface area (Å²) in [6.45, 7) is 4.06. The zero-order chi connectivity index (χ0) is 13.7. The Balaban J connectivity index is 1.88. The molecule has 0 atom stereocenters. The molecule has 0 radical (unpaired) electrons. The van der Waals surface area contributed by atoms with Crippen molar-refractivity contribution in [2.45, 2.75) is 25.3 Å². The molecule has 0 saturated heterocycles. The van der Waals surface area contributed by atoms with Crippen LogP contribution < -0.4 is 0 Å². The third kappa shape index (κ3) is 4.21. The van der Waals surface area contributed by atoms with Gasteiger partial charge in [-0.1, -0.05) is 47.7 Å². The molecule has 2 nitrogen and oxygen atoms in total. The SMILES string of the molecule is Cc1ccc(CC(=O)CSc2ncccc2C)cc1. The molecular weight excluding hydrogens is 254 g/mol. The maximum Gasteiger partial charge on any atom is 0.147 e. The molecule has 0 fully saturated rings. The lowest BCUT2D eigenvalue weighted by atomic mass is 10.1. The Hall–Kier alpha value is -1.61. The molecule has 0 bridgehead atoms. The van der Waals surface area contributed by atoms with E-state index in [0.29, 0.717) is 12.2 Å². The standard InChI is InChI=1S/C16H17NOS/c1-12-5-7-14(8-6-12)10-15(18)11-19-16-13(2)4-3-9-17-16/h3-9H,10-11H2,1-2H3. The molecular formula is C16H17NOS. The molecule has 3 heteroatoms. The van der Waals surface area contributed by atoms with E-state index >= 15 is 0 Å². The Bertz CT molecular complexity index is 563. The van der Waals surface area contributed by atoms with Gasteiger partial charge in [0, 0.05) is 12.6 Å². The van der Waals surface area contributed by atoms with Crippen molar-refractivity contribution >= 4 is 17.5 Å². The van der Waals surface area contributed by atoms with Crippen LogP contribution in [-0.2, 0) is 11.2 Å². The van der Waals surface area contributed by atoms with E-state index in [-0.39, 0.29) is 5.78 Å². The zero-order valence-corrected chi connectivity index (χ0v) is 12.0. The molecule has 1 aromatic carbocycles. The molecule has 2 rings (SSSR count). The van der Waals surface area contributed by atoms with Crippen molar-refractivity contribution in [3.05, 3.63) is 59.3 Å². The van der Waals surface area contributed by atoms with Crippen molar-refractivity contribution in [2.75, 3.05) is 5.75 Å². The predicted molar refractivity (Wildman–Crippen MR) is 79.6 cm³/mol. The van der Waals surface area contributed by atoms with Crippen LogP contribution in [0.2, 0.25) is 0 Å². The monoisotopic (exact) mass is 271 g/mol. The Labute approximate surface area is 118 Å². The number of carbonyl (C=O) groups is 1. The molecule has 0 aliphatic heterocycles. The number of hydrogen-bond donors (Lipinski definition) is 0. The first kappa shape index (κ1) is 13.8. The number of ketones is 1. The van der Waals surface area contributed by atoms with Crippen LogP contribution >= 0.6 is 11.8 Å². The first-order chi connectivity index (χ1) is 9.15. The van der Waals surface area contributed by atoms with Gasteiger partial charge in [-0.3, -0.25) is 4.79 Å². The first-order valence-corrected chi connectivity index (χ1v) is 7.25. The van der Waals surface area contributed by atoms with Gasteiger partial charge in [-0.25, -0.2) is 4.98 Å². The fraction of sp³-hybridized carbons (Fsp3) is 0.250. The Morgan fingerprint density at radius 1 is 1.16 bits per heavy atom.